The van der Waals surface area contributed by atoms with Gasteiger partial charge in [0.2, 0.25) is 11.8 Å². The molecule has 29 heavy (non-hydrogen) atoms. The molecule has 0 spiro atoms. The van der Waals surface area contributed by atoms with Crippen LogP contribution in [0.5, 0.6) is 0 Å². The molecule has 0 bridgehead atoms. The molecule has 155 valence electrons. The summed E-state index contributed by atoms with van der Waals surface area (Å²) < 4.78 is 27.3. The standard InChI is InChI=1S/C19H23N4O5S/c1-13(19(21)26)8-9-18(25)23(15-6-4-10-22-12-16(15)24)29(27,28)17-7-3-2-5-14(17)11-20/h2-3,5,7,9,13,15,22H,4,6,8,10,12H2,1H3,(H2,21,26)/t13?,15-/m0/s1. The molecule has 9 nitrogen and oxygen atoms in total. The topological polar surface area (TPSA) is 150 Å². The minimum atomic E-state index is -4.49. The zero-order chi connectivity index (χ0) is 21.6. The monoisotopic (exact) mass is 419 g/mol. The number of nitrogens with two attached hydrogens (primary N) is 1. The Hall–Kier alpha value is -2.77. The SMILES string of the molecule is CC(C[CH]C(=O)N([C@H]1CCCNCC1=O)S(=O)(=O)c1ccccc1C#N)C(N)=O. The zero-order valence-corrected chi connectivity index (χ0v) is 16.8. The molecule has 1 aliphatic heterocycles. The number of carbonyl (C=O) groups excluding carboxylic acids is 3. The number of ketones is 1. The van der Waals surface area contributed by atoms with Crippen LogP contribution in [0.2, 0.25) is 0 Å². The second-order valence-electron chi connectivity index (χ2n) is 6.79. The number of nitriles is 1. The molecule has 2 rings (SSSR count). The summed E-state index contributed by atoms with van der Waals surface area (Å²) in [7, 11) is -4.49. The summed E-state index contributed by atoms with van der Waals surface area (Å²) in [6, 6.07) is 6.09. The van der Waals surface area contributed by atoms with Crippen molar-refractivity contribution in [3.63, 3.8) is 0 Å². The van der Waals surface area contributed by atoms with Crippen LogP contribution in [-0.4, -0.2) is 49.5 Å². The van der Waals surface area contributed by atoms with Gasteiger partial charge in [-0.15, -0.1) is 0 Å². The number of sulfonamides is 1. The second kappa shape index (κ2) is 9.62. The molecule has 0 aliphatic carbocycles. The van der Waals surface area contributed by atoms with E-state index in [2.05, 4.69) is 5.32 Å². The fraction of sp³-hybridized carbons (Fsp3) is 0.421. The number of benzene rings is 1. The van der Waals surface area contributed by atoms with E-state index >= 15 is 0 Å². The molecule has 0 saturated carbocycles. The number of hydrogen-bond acceptors (Lipinski definition) is 7. The molecule has 1 fully saturated rings. The molecule has 1 aromatic carbocycles. The van der Waals surface area contributed by atoms with Gasteiger partial charge in [-0.05, 0) is 37.9 Å². The van der Waals surface area contributed by atoms with Crippen molar-refractivity contribution < 1.29 is 22.8 Å². The summed E-state index contributed by atoms with van der Waals surface area (Å²) in [6.07, 6.45) is 1.63. The van der Waals surface area contributed by atoms with Crippen molar-refractivity contribution in [2.24, 2.45) is 11.7 Å². The lowest BCUT2D eigenvalue weighted by molar-refractivity contribution is -0.131. The Kier molecular flexibility index (Phi) is 7.47. The van der Waals surface area contributed by atoms with Crippen LogP contribution in [0.25, 0.3) is 0 Å². The lowest BCUT2D eigenvalue weighted by atomic mass is 10.0. The van der Waals surface area contributed by atoms with Gasteiger partial charge in [-0.1, -0.05) is 19.1 Å². The van der Waals surface area contributed by atoms with E-state index in [-0.39, 0.29) is 29.8 Å². The van der Waals surface area contributed by atoms with E-state index in [9.17, 15) is 28.1 Å². The van der Waals surface area contributed by atoms with Gasteiger partial charge >= 0.3 is 0 Å². The van der Waals surface area contributed by atoms with Crippen LogP contribution in [0.15, 0.2) is 29.2 Å². The molecule has 1 aromatic rings. The Morgan fingerprint density at radius 3 is 2.76 bits per heavy atom. The van der Waals surface area contributed by atoms with Crippen molar-refractivity contribution >= 4 is 27.6 Å². The summed E-state index contributed by atoms with van der Waals surface area (Å²) in [5.41, 5.74) is 5.07. The molecule has 2 amide bonds. The normalized spacial score (nSPS) is 18.3. The summed E-state index contributed by atoms with van der Waals surface area (Å²) in [5, 5.41) is 12.2. The highest BCUT2D eigenvalue weighted by Crippen LogP contribution is 2.26. The molecular weight excluding hydrogens is 396 g/mol. The van der Waals surface area contributed by atoms with Crippen LogP contribution >= 0.6 is 0 Å². The van der Waals surface area contributed by atoms with E-state index in [1.165, 1.54) is 31.2 Å². The maximum Gasteiger partial charge on any atom is 0.268 e. The van der Waals surface area contributed by atoms with Crippen LogP contribution in [0.3, 0.4) is 0 Å². The van der Waals surface area contributed by atoms with E-state index in [1.807, 2.05) is 0 Å². The van der Waals surface area contributed by atoms with Gasteiger partial charge < -0.3 is 11.1 Å². The van der Waals surface area contributed by atoms with Gasteiger partial charge in [-0.2, -0.15) is 5.26 Å². The van der Waals surface area contributed by atoms with Gasteiger partial charge in [0.15, 0.2) is 5.78 Å². The Balaban J connectivity index is 2.48. The fourth-order valence-electron chi connectivity index (χ4n) is 2.97. The van der Waals surface area contributed by atoms with Gasteiger partial charge in [-0.3, -0.25) is 14.4 Å². The van der Waals surface area contributed by atoms with E-state index < -0.39 is 39.6 Å². The maximum atomic E-state index is 13.4. The van der Waals surface area contributed by atoms with Gasteiger partial charge in [0.05, 0.1) is 18.5 Å². The number of hydrogen-bond donors (Lipinski definition) is 2. The molecule has 1 saturated heterocycles. The van der Waals surface area contributed by atoms with Crippen molar-refractivity contribution in [3.05, 3.63) is 36.2 Å². The van der Waals surface area contributed by atoms with Crippen LogP contribution in [0, 0.1) is 23.7 Å². The van der Waals surface area contributed by atoms with Crippen molar-refractivity contribution in [3.8, 4) is 6.07 Å². The molecule has 2 atom stereocenters. The van der Waals surface area contributed by atoms with Crippen LogP contribution in [-0.2, 0) is 24.4 Å². The highest BCUT2D eigenvalue weighted by atomic mass is 32.2. The predicted molar refractivity (Wildman–Crippen MR) is 103 cm³/mol. The molecule has 1 radical (unpaired) electrons. The largest absolute Gasteiger partial charge is 0.369 e. The average Bonchev–Trinajstić information content (AvgIpc) is 2.90. The third kappa shape index (κ3) is 5.19. The third-order valence-electron chi connectivity index (χ3n) is 4.68. The summed E-state index contributed by atoms with van der Waals surface area (Å²) in [5.74, 6) is -2.68. The lowest BCUT2D eigenvalue weighted by Crippen LogP contribution is -2.50. The van der Waals surface area contributed by atoms with E-state index in [0.717, 1.165) is 6.42 Å². The Bertz CT molecular complexity index is 938. The van der Waals surface area contributed by atoms with Crippen LogP contribution < -0.4 is 11.1 Å². The summed E-state index contributed by atoms with van der Waals surface area (Å²) in [4.78, 5) is 36.4. The van der Waals surface area contributed by atoms with Gasteiger partial charge in [0.1, 0.15) is 17.0 Å². The molecule has 3 N–H and O–H groups in total. The molecule has 1 aliphatic rings. The molecular formula is C19H23N4O5S. The minimum absolute atomic E-state index is 0.0679. The number of Topliss-reactive ketones (excluding diaryl/α,β-unsaturated/α-hetero) is 1. The predicted octanol–water partition coefficient (Wildman–Crippen LogP) is 0.112. The van der Waals surface area contributed by atoms with Crippen LogP contribution in [0.4, 0.5) is 0 Å². The molecule has 10 heteroatoms. The molecule has 1 heterocycles. The lowest BCUT2D eigenvalue weighted by Gasteiger charge is -2.29. The highest BCUT2D eigenvalue weighted by molar-refractivity contribution is 7.89. The fourth-order valence-corrected chi connectivity index (χ4v) is 4.70. The number of nitrogens with zero attached hydrogens (tertiary/aromatic N) is 2. The van der Waals surface area contributed by atoms with Crippen molar-refractivity contribution in [1.82, 2.24) is 9.62 Å². The number of nitrogens with one attached hydrogen (secondary N) is 1. The van der Waals surface area contributed by atoms with Gasteiger partial charge in [-0.25, -0.2) is 12.7 Å². The van der Waals surface area contributed by atoms with E-state index in [1.54, 1.807) is 6.07 Å². The first kappa shape index (κ1) is 22.5. The first-order chi connectivity index (χ1) is 13.7. The summed E-state index contributed by atoms with van der Waals surface area (Å²) in [6.45, 7) is 1.96. The quantitative estimate of drug-likeness (QED) is 0.637. The zero-order valence-electron chi connectivity index (χ0n) is 16.0. The second-order valence-corrected chi connectivity index (χ2v) is 8.57. The number of primary amides is 1. The number of rotatable bonds is 7. The van der Waals surface area contributed by atoms with Crippen molar-refractivity contribution in [2.75, 3.05) is 13.1 Å². The molecule has 0 aromatic heterocycles. The third-order valence-corrected chi connectivity index (χ3v) is 6.54. The summed E-state index contributed by atoms with van der Waals surface area (Å²) >= 11 is 0. The number of amides is 2. The van der Waals surface area contributed by atoms with Crippen molar-refractivity contribution in [1.29, 1.82) is 5.26 Å². The Morgan fingerprint density at radius 2 is 2.10 bits per heavy atom. The Labute approximate surface area is 169 Å². The van der Waals surface area contributed by atoms with Crippen molar-refractivity contribution in [2.45, 2.75) is 37.1 Å². The van der Waals surface area contributed by atoms with Gasteiger partial charge in [0.25, 0.3) is 10.0 Å². The first-order valence-corrected chi connectivity index (χ1v) is 10.6. The van der Waals surface area contributed by atoms with E-state index in [0.29, 0.717) is 17.3 Å². The average molecular weight is 419 g/mol. The Morgan fingerprint density at radius 1 is 1.41 bits per heavy atom. The minimum Gasteiger partial charge on any atom is -0.369 e. The molecule has 1 unspecified atom stereocenters. The highest BCUT2D eigenvalue weighted by Gasteiger charge is 2.40. The van der Waals surface area contributed by atoms with E-state index in [4.69, 9.17) is 5.73 Å². The van der Waals surface area contributed by atoms with Gasteiger partial charge in [0, 0.05) is 5.92 Å². The number of carbonyl (C=O) groups is 3. The smallest absolute Gasteiger partial charge is 0.268 e. The van der Waals surface area contributed by atoms with Crippen LogP contribution in [0.1, 0.15) is 31.7 Å². The maximum absolute atomic E-state index is 13.4. The first-order valence-electron chi connectivity index (χ1n) is 9.13.